The number of hydrogen-bond donors (Lipinski definition) is 1. The molecule has 5 heteroatoms. The summed E-state index contributed by atoms with van der Waals surface area (Å²) in [6.07, 6.45) is 4.64. The molecule has 0 radical (unpaired) electrons. The molecule has 1 saturated carbocycles. The molecule has 2 aromatic rings. The first-order valence-corrected chi connectivity index (χ1v) is 12.0. The highest BCUT2D eigenvalue weighted by Gasteiger charge is 2.49. The van der Waals surface area contributed by atoms with E-state index in [1.54, 1.807) is 0 Å². The van der Waals surface area contributed by atoms with Crippen LogP contribution in [0.3, 0.4) is 0 Å². The molecule has 1 N–H and O–H groups in total. The number of halogens is 2. The molecule has 5 atom stereocenters. The smallest absolute Gasteiger partial charge is 0.224 e. The van der Waals surface area contributed by atoms with Crippen LogP contribution < -0.4 is 5.32 Å². The third-order valence-electron chi connectivity index (χ3n) is 6.74. The van der Waals surface area contributed by atoms with Gasteiger partial charge in [0.15, 0.2) is 0 Å². The van der Waals surface area contributed by atoms with Crippen molar-refractivity contribution in [2.75, 3.05) is 0 Å². The van der Waals surface area contributed by atoms with Crippen LogP contribution in [0.25, 0.3) is 0 Å². The maximum atomic E-state index is 13.0. The SMILES string of the molecule is C[C@H]1CC[C@H]2[C@H](C1)O[C@H](c1cccc(Br)c1)C[C@]2(C)NC(=O)Cc1ccc(Cl)cc1. The number of carbonyl (C=O) groups excluding carboxylic acids is 1. The minimum atomic E-state index is -0.292. The van der Waals surface area contributed by atoms with E-state index >= 15 is 0 Å². The fourth-order valence-electron chi connectivity index (χ4n) is 5.20. The maximum Gasteiger partial charge on any atom is 0.224 e. The Labute approximate surface area is 192 Å². The fourth-order valence-corrected chi connectivity index (χ4v) is 5.74. The molecule has 0 aromatic heterocycles. The van der Waals surface area contributed by atoms with E-state index in [-0.39, 0.29) is 23.7 Å². The molecular weight excluding hydrogens is 462 g/mol. The van der Waals surface area contributed by atoms with Crippen molar-refractivity contribution >= 4 is 33.4 Å². The third-order valence-corrected chi connectivity index (χ3v) is 7.49. The van der Waals surface area contributed by atoms with Crippen LogP contribution in [0.4, 0.5) is 0 Å². The molecule has 1 heterocycles. The Bertz CT molecular complexity index is 902. The number of rotatable bonds is 4. The third kappa shape index (κ3) is 4.92. The summed E-state index contributed by atoms with van der Waals surface area (Å²) in [4.78, 5) is 13.0. The lowest BCUT2D eigenvalue weighted by molar-refractivity contribution is -0.153. The summed E-state index contributed by atoms with van der Waals surface area (Å²) >= 11 is 9.57. The summed E-state index contributed by atoms with van der Waals surface area (Å²) in [7, 11) is 0. The Morgan fingerprint density at radius 1 is 1.23 bits per heavy atom. The van der Waals surface area contributed by atoms with Crippen molar-refractivity contribution in [2.24, 2.45) is 11.8 Å². The van der Waals surface area contributed by atoms with E-state index in [1.165, 1.54) is 12.0 Å². The first-order valence-electron chi connectivity index (χ1n) is 10.8. The molecule has 0 unspecified atom stereocenters. The van der Waals surface area contributed by atoms with Crippen LogP contribution >= 0.6 is 27.5 Å². The second-order valence-electron chi connectivity index (χ2n) is 9.22. The van der Waals surface area contributed by atoms with Gasteiger partial charge >= 0.3 is 0 Å². The first-order chi connectivity index (χ1) is 14.3. The van der Waals surface area contributed by atoms with Gasteiger partial charge in [-0.2, -0.15) is 0 Å². The first kappa shape index (κ1) is 21.9. The van der Waals surface area contributed by atoms with Crippen LogP contribution in [0, 0.1) is 11.8 Å². The molecule has 1 aliphatic heterocycles. The number of benzene rings is 2. The van der Waals surface area contributed by atoms with Crippen LogP contribution in [0.5, 0.6) is 0 Å². The molecule has 4 rings (SSSR count). The molecule has 160 valence electrons. The Balaban J connectivity index is 1.55. The summed E-state index contributed by atoms with van der Waals surface area (Å²) in [6.45, 7) is 4.52. The van der Waals surface area contributed by atoms with Crippen LogP contribution in [-0.2, 0) is 16.0 Å². The van der Waals surface area contributed by atoms with Gasteiger partial charge in [-0.1, -0.05) is 65.1 Å². The Morgan fingerprint density at radius 2 is 2.00 bits per heavy atom. The molecule has 2 fully saturated rings. The van der Waals surface area contributed by atoms with E-state index < -0.39 is 0 Å². The summed E-state index contributed by atoms with van der Waals surface area (Å²) in [5.41, 5.74) is 1.85. The average molecular weight is 491 g/mol. The molecule has 3 nitrogen and oxygen atoms in total. The molecule has 2 aromatic carbocycles. The van der Waals surface area contributed by atoms with E-state index in [2.05, 4.69) is 53.3 Å². The normalized spacial score (nSPS) is 31.1. The summed E-state index contributed by atoms with van der Waals surface area (Å²) in [5.74, 6) is 1.06. The number of carbonyl (C=O) groups is 1. The number of fused-ring (bicyclic) bond motifs is 1. The molecule has 2 aliphatic rings. The summed E-state index contributed by atoms with van der Waals surface area (Å²) in [5, 5.41) is 4.11. The van der Waals surface area contributed by atoms with E-state index in [9.17, 15) is 4.79 Å². The number of nitrogens with one attached hydrogen (secondary N) is 1. The summed E-state index contributed by atoms with van der Waals surface area (Å²) < 4.78 is 7.68. The second kappa shape index (κ2) is 9.02. The van der Waals surface area contributed by atoms with Gasteiger partial charge in [-0.05, 0) is 61.1 Å². The standard InChI is InChI=1S/C25H29BrClNO2/c1-16-6-11-21-22(12-16)30-23(18-4-3-5-19(26)14-18)15-25(21,2)28-24(29)13-17-7-9-20(27)10-8-17/h3-5,7-10,14,16,21-23H,6,11-13,15H2,1-2H3,(H,28,29)/t16-,21-,22-,23-,25-/m0/s1. The van der Waals surface area contributed by atoms with Gasteiger partial charge in [0.1, 0.15) is 0 Å². The quantitative estimate of drug-likeness (QED) is 0.532. The zero-order valence-electron chi connectivity index (χ0n) is 17.5. The average Bonchev–Trinajstić information content (AvgIpc) is 2.69. The molecular formula is C25H29BrClNO2. The zero-order chi connectivity index (χ0) is 21.3. The molecule has 1 saturated heterocycles. The minimum Gasteiger partial charge on any atom is -0.370 e. The molecule has 0 spiro atoms. The largest absolute Gasteiger partial charge is 0.370 e. The van der Waals surface area contributed by atoms with Gasteiger partial charge in [0, 0.05) is 27.4 Å². The van der Waals surface area contributed by atoms with Crippen LogP contribution in [-0.4, -0.2) is 17.6 Å². The predicted molar refractivity (Wildman–Crippen MR) is 125 cm³/mol. The van der Waals surface area contributed by atoms with Crippen molar-refractivity contribution < 1.29 is 9.53 Å². The van der Waals surface area contributed by atoms with Gasteiger partial charge in [0.05, 0.1) is 18.6 Å². The number of hydrogen-bond acceptors (Lipinski definition) is 2. The number of ether oxygens (including phenoxy) is 1. The van der Waals surface area contributed by atoms with Crippen molar-refractivity contribution in [1.29, 1.82) is 0 Å². The lowest BCUT2D eigenvalue weighted by Gasteiger charge is -2.52. The Kier molecular flexibility index (Phi) is 6.57. The van der Waals surface area contributed by atoms with Crippen LogP contribution in [0.1, 0.15) is 56.8 Å². The van der Waals surface area contributed by atoms with Gasteiger partial charge in [0.2, 0.25) is 5.91 Å². The topological polar surface area (TPSA) is 38.3 Å². The highest BCUT2D eigenvalue weighted by molar-refractivity contribution is 9.10. The molecule has 30 heavy (non-hydrogen) atoms. The highest BCUT2D eigenvalue weighted by atomic mass is 79.9. The monoisotopic (exact) mass is 489 g/mol. The van der Waals surface area contributed by atoms with Crippen molar-refractivity contribution in [3.8, 4) is 0 Å². The minimum absolute atomic E-state index is 0.0186. The van der Waals surface area contributed by atoms with Crippen LogP contribution in [0.2, 0.25) is 5.02 Å². The van der Waals surface area contributed by atoms with Gasteiger partial charge in [-0.15, -0.1) is 0 Å². The van der Waals surface area contributed by atoms with Crippen molar-refractivity contribution in [1.82, 2.24) is 5.32 Å². The molecule has 0 bridgehead atoms. The Hall–Kier alpha value is -1.36. The Morgan fingerprint density at radius 3 is 2.73 bits per heavy atom. The lowest BCUT2D eigenvalue weighted by Crippen LogP contribution is -2.60. The van der Waals surface area contributed by atoms with E-state index in [4.69, 9.17) is 16.3 Å². The van der Waals surface area contributed by atoms with Crippen molar-refractivity contribution in [3.63, 3.8) is 0 Å². The molecule has 1 aliphatic carbocycles. The van der Waals surface area contributed by atoms with E-state index in [0.29, 0.717) is 23.3 Å². The van der Waals surface area contributed by atoms with Crippen molar-refractivity contribution in [3.05, 3.63) is 69.2 Å². The van der Waals surface area contributed by atoms with Gasteiger partial charge < -0.3 is 10.1 Å². The number of amides is 1. The zero-order valence-corrected chi connectivity index (χ0v) is 19.9. The van der Waals surface area contributed by atoms with Gasteiger partial charge in [-0.3, -0.25) is 4.79 Å². The fraction of sp³-hybridized carbons (Fsp3) is 0.480. The van der Waals surface area contributed by atoms with Crippen LogP contribution in [0.15, 0.2) is 53.0 Å². The maximum absolute atomic E-state index is 13.0. The second-order valence-corrected chi connectivity index (χ2v) is 10.6. The van der Waals surface area contributed by atoms with E-state index in [0.717, 1.165) is 29.3 Å². The predicted octanol–water partition coefficient (Wildman–Crippen LogP) is 6.49. The van der Waals surface area contributed by atoms with Gasteiger partial charge in [0.25, 0.3) is 0 Å². The van der Waals surface area contributed by atoms with Gasteiger partial charge in [-0.25, -0.2) is 0 Å². The van der Waals surface area contributed by atoms with Crippen molar-refractivity contribution in [2.45, 2.75) is 63.7 Å². The summed E-state index contributed by atoms with van der Waals surface area (Å²) in [6, 6.07) is 15.8. The van der Waals surface area contributed by atoms with E-state index in [1.807, 2.05) is 30.3 Å². The molecule has 1 amide bonds. The lowest BCUT2D eigenvalue weighted by atomic mass is 9.66. The highest BCUT2D eigenvalue weighted by Crippen LogP contribution is 2.48.